The maximum Gasteiger partial charge on any atom is 0.366 e. The number of amides is 1. The molecule has 1 aliphatic heterocycles. The van der Waals surface area contributed by atoms with E-state index in [1.807, 2.05) is 0 Å². The summed E-state index contributed by atoms with van der Waals surface area (Å²) in [7, 11) is 0. The van der Waals surface area contributed by atoms with Crippen LogP contribution in [-0.2, 0) is 4.79 Å². The number of hydrogen-bond donors (Lipinski definition) is 0. The lowest BCUT2D eigenvalue weighted by molar-refractivity contribution is -0.389. The topological polar surface area (TPSA) is 103 Å². The van der Waals surface area contributed by atoms with E-state index in [1.165, 1.54) is 12.1 Å². The Labute approximate surface area is 175 Å². The first-order chi connectivity index (χ1) is 14.4. The highest BCUT2D eigenvalue weighted by Gasteiger charge is 2.40. The summed E-state index contributed by atoms with van der Waals surface area (Å²) in [6.45, 7) is -0.353. The Hall–Kier alpha value is -3.78. The lowest BCUT2D eigenvalue weighted by Gasteiger charge is -2.31. The van der Waals surface area contributed by atoms with Crippen molar-refractivity contribution in [3.8, 4) is 5.75 Å². The van der Waals surface area contributed by atoms with E-state index in [-0.39, 0.29) is 23.9 Å². The number of anilines is 1. The van der Waals surface area contributed by atoms with Crippen molar-refractivity contribution >= 4 is 34.9 Å². The molecule has 0 spiro atoms. The van der Waals surface area contributed by atoms with Crippen LogP contribution in [0.2, 0.25) is 5.02 Å². The van der Waals surface area contributed by atoms with Crippen molar-refractivity contribution in [1.29, 1.82) is 0 Å². The first-order valence-corrected chi connectivity index (χ1v) is 9.29. The van der Waals surface area contributed by atoms with Crippen LogP contribution in [0.1, 0.15) is 22.0 Å². The number of benzene rings is 2. The van der Waals surface area contributed by atoms with Gasteiger partial charge >= 0.3 is 5.82 Å². The first-order valence-electron chi connectivity index (χ1n) is 8.91. The standard InChI is InChI=1S/C21H14ClN3O5/c22-15-8-6-13(7-9-15)16(26)12-24-20-17(10-11-18(23-20)25(28)29)30-19(21(24)27)14-4-2-1-3-5-14/h1-11,19H,12H2. The highest BCUT2D eigenvalue weighted by atomic mass is 35.5. The van der Waals surface area contributed by atoms with Gasteiger partial charge in [0, 0.05) is 22.2 Å². The third-order valence-corrected chi connectivity index (χ3v) is 4.82. The van der Waals surface area contributed by atoms with Gasteiger partial charge in [-0.15, -0.1) is 0 Å². The molecule has 150 valence electrons. The van der Waals surface area contributed by atoms with E-state index < -0.39 is 22.8 Å². The summed E-state index contributed by atoms with van der Waals surface area (Å²) in [6.07, 6.45) is -1.00. The Morgan fingerprint density at radius 2 is 1.80 bits per heavy atom. The second kappa shape index (κ2) is 7.92. The number of fused-ring (bicyclic) bond motifs is 1. The Kier molecular flexibility index (Phi) is 5.16. The Balaban J connectivity index is 1.74. The van der Waals surface area contributed by atoms with Crippen LogP contribution in [0.3, 0.4) is 0 Å². The maximum absolute atomic E-state index is 13.2. The molecule has 1 amide bonds. The van der Waals surface area contributed by atoms with E-state index in [2.05, 4.69) is 4.98 Å². The number of pyridine rings is 1. The monoisotopic (exact) mass is 423 g/mol. The summed E-state index contributed by atoms with van der Waals surface area (Å²) in [5, 5.41) is 11.6. The van der Waals surface area contributed by atoms with E-state index in [0.717, 1.165) is 4.90 Å². The summed E-state index contributed by atoms with van der Waals surface area (Å²) in [5.74, 6) is -1.24. The van der Waals surface area contributed by atoms with Crippen molar-refractivity contribution < 1.29 is 19.2 Å². The number of nitro groups is 1. The molecule has 1 atom stereocenters. The smallest absolute Gasteiger partial charge is 0.366 e. The van der Waals surface area contributed by atoms with Crippen LogP contribution >= 0.6 is 11.6 Å². The van der Waals surface area contributed by atoms with Gasteiger partial charge in [0.25, 0.3) is 11.7 Å². The minimum atomic E-state index is -1.00. The lowest BCUT2D eigenvalue weighted by atomic mass is 10.1. The predicted molar refractivity (Wildman–Crippen MR) is 109 cm³/mol. The van der Waals surface area contributed by atoms with E-state index in [4.69, 9.17) is 16.3 Å². The average Bonchev–Trinajstić information content (AvgIpc) is 2.76. The Morgan fingerprint density at radius 3 is 2.47 bits per heavy atom. The molecule has 0 fully saturated rings. The number of ketones is 1. The number of ether oxygens (including phenoxy) is 1. The van der Waals surface area contributed by atoms with Gasteiger partial charge in [-0.3, -0.25) is 14.5 Å². The summed E-state index contributed by atoms with van der Waals surface area (Å²) in [5.41, 5.74) is 0.942. The minimum Gasteiger partial charge on any atom is -0.469 e. The van der Waals surface area contributed by atoms with Gasteiger partial charge < -0.3 is 14.9 Å². The number of carbonyl (C=O) groups excluding carboxylic acids is 2. The summed E-state index contributed by atoms with van der Waals surface area (Å²) in [4.78, 5) is 41.6. The van der Waals surface area contributed by atoms with Crippen molar-refractivity contribution in [2.45, 2.75) is 6.10 Å². The second-order valence-corrected chi connectivity index (χ2v) is 6.95. The van der Waals surface area contributed by atoms with E-state index in [0.29, 0.717) is 16.1 Å². The predicted octanol–water partition coefficient (Wildman–Crippen LogP) is 3.99. The minimum absolute atomic E-state index is 0.0660. The summed E-state index contributed by atoms with van der Waals surface area (Å²) < 4.78 is 5.79. The first kappa shape index (κ1) is 19.5. The molecule has 30 heavy (non-hydrogen) atoms. The van der Waals surface area contributed by atoms with Gasteiger partial charge in [-0.2, -0.15) is 0 Å². The van der Waals surface area contributed by atoms with Crippen molar-refractivity contribution in [1.82, 2.24) is 4.98 Å². The molecule has 1 aromatic heterocycles. The second-order valence-electron chi connectivity index (χ2n) is 6.51. The number of carbonyl (C=O) groups is 2. The van der Waals surface area contributed by atoms with Gasteiger partial charge in [0.15, 0.2) is 11.5 Å². The lowest BCUT2D eigenvalue weighted by Crippen LogP contribution is -2.44. The van der Waals surface area contributed by atoms with Gasteiger partial charge in [-0.05, 0) is 40.2 Å². The normalized spacial score (nSPS) is 15.3. The zero-order chi connectivity index (χ0) is 21.3. The van der Waals surface area contributed by atoms with E-state index in [9.17, 15) is 19.7 Å². The molecule has 0 N–H and O–H groups in total. The van der Waals surface area contributed by atoms with Gasteiger partial charge in [0.1, 0.15) is 0 Å². The molecule has 8 nitrogen and oxygen atoms in total. The van der Waals surface area contributed by atoms with Crippen LogP contribution in [-0.4, -0.2) is 28.1 Å². The molecule has 2 heterocycles. The molecule has 1 aliphatic rings. The third kappa shape index (κ3) is 3.72. The number of halogens is 1. The third-order valence-electron chi connectivity index (χ3n) is 4.57. The molecule has 0 bridgehead atoms. The Bertz CT molecular complexity index is 1140. The van der Waals surface area contributed by atoms with Crippen molar-refractivity contribution in [3.63, 3.8) is 0 Å². The summed E-state index contributed by atoms with van der Waals surface area (Å²) >= 11 is 5.87. The number of hydrogen-bond acceptors (Lipinski definition) is 6. The molecule has 2 aromatic carbocycles. The largest absolute Gasteiger partial charge is 0.469 e. The summed E-state index contributed by atoms with van der Waals surface area (Å²) in [6, 6.07) is 17.6. The zero-order valence-corrected chi connectivity index (χ0v) is 16.2. The molecule has 3 aromatic rings. The zero-order valence-electron chi connectivity index (χ0n) is 15.4. The van der Waals surface area contributed by atoms with Gasteiger partial charge in [-0.25, -0.2) is 0 Å². The SMILES string of the molecule is O=C(CN1C(=O)C(c2ccccc2)Oc2ccc([N+](=O)[O-])nc21)c1ccc(Cl)cc1. The quantitative estimate of drug-likeness (QED) is 0.349. The Morgan fingerprint density at radius 1 is 1.10 bits per heavy atom. The van der Waals surface area contributed by atoms with Crippen LogP contribution in [0.4, 0.5) is 11.6 Å². The maximum atomic E-state index is 13.2. The van der Waals surface area contributed by atoms with E-state index in [1.54, 1.807) is 54.6 Å². The fraction of sp³-hybridized carbons (Fsp3) is 0.0952. The number of Topliss-reactive ketones (excluding diaryl/α,β-unsaturated/α-hetero) is 1. The van der Waals surface area contributed by atoms with Crippen LogP contribution < -0.4 is 9.64 Å². The fourth-order valence-corrected chi connectivity index (χ4v) is 3.22. The van der Waals surface area contributed by atoms with E-state index >= 15 is 0 Å². The number of rotatable bonds is 5. The number of nitrogens with zero attached hydrogens (tertiary/aromatic N) is 3. The molecule has 1 unspecified atom stereocenters. The molecule has 0 aliphatic carbocycles. The molecule has 0 radical (unpaired) electrons. The van der Waals surface area contributed by atoms with Crippen LogP contribution in [0, 0.1) is 10.1 Å². The molecule has 9 heteroatoms. The van der Waals surface area contributed by atoms with Gasteiger partial charge in [0.05, 0.1) is 6.54 Å². The molecular weight excluding hydrogens is 410 g/mol. The van der Waals surface area contributed by atoms with Gasteiger partial charge in [0.2, 0.25) is 6.10 Å². The highest BCUT2D eigenvalue weighted by molar-refractivity contribution is 6.30. The number of aromatic nitrogens is 1. The van der Waals surface area contributed by atoms with Crippen LogP contribution in [0.15, 0.2) is 66.7 Å². The average molecular weight is 424 g/mol. The molecular formula is C21H14ClN3O5. The van der Waals surface area contributed by atoms with Crippen LogP contribution in [0.5, 0.6) is 5.75 Å². The van der Waals surface area contributed by atoms with Gasteiger partial charge in [-0.1, -0.05) is 41.9 Å². The fourth-order valence-electron chi connectivity index (χ4n) is 3.10. The van der Waals surface area contributed by atoms with Crippen LogP contribution in [0.25, 0.3) is 0 Å². The molecule has 0 saturated carbocycles. The molecule has 4 rings (SSSR count). The van der Waals surface area contributed by atoms with Crippen molar-refractivity contribution in [2.24, 2.45) is 0 Å². The highest BCUT2D eigenvalue weighted by Crippen LogP contribution is 2.38. The van der Waals surface area contributed by atoms with Crippen molar-refractivity contribution in [2.75, 3.05) is 11.4 Å². The molecule has 0 saturated heterocycles. The van der Waals surface area contributed by atoms with Crippen molar-refractivity contribution in [3.05, 3.63) is 93.0 Å².